The molecule has 4 rings (SSSR count). The fraction of sp³-hybridized carbons (Fsp3) is 0.333. The number of nitrogens with one attached hydrogen (secondary N) is 2. The van der Waals surface area contributed by atoms with Gasteiger partial charge in [0, 0.05) is 22.9 Å². The molecule has 6 nitrogen and oxygen atoms in total. The van der Waals surface area contributed by atoms with Crippen molar-refractivity contribution in [1.29, 1.82) is 0 Å². The summed E-state index contributed by atoms with van der Waals surface area (Å²) < 4.78 is 5.36. The standard InChI is InChI=1S/C24H27N3O3/c1-14(2)21(13-28)26-24(18-8-6-5-7-9-18)19-12-17(10-11-20(19)25-23(24)29)22-15(3)27-30-16(22)4/h5-12,14,21,26,28H,13H2,1-4H3,(H,25,29)/t21-,24?/m0/s1. The minimum Gasteiger partial charge on any atom is -0.395 e. The zero-order valence-corrected chi connectivity index (χ0v) is 17.7. The number of fused-ring (bicyclic) bond motifs is 1. The van der Waals surface area contributed by atoms with Gasteiger partial charge in [-0.2, -0.15) is 0 Å². The Hall–Kier alpha value is -2.96. The number of aryl methyl sites for hydroxylation is 2. The van der Waals surface area contributed by atoms with Crippen molar-refractivity contribution in [3.05, 3.63) is 71.1 Å². The Kier molecular flexibility index (Phi) is 5.22. The van der Waals surface area contributed by atoms with Gasteiger partial charge in [-0.15, -0.1) is 0 Å². The Balaban J connectivity index is 1.94. The molecule has 0 aliphatic carbocycles. The Labute approximate surface area is 176 Å². The summed E-state index contributed by atoms with van der Waals surface area (Å²) in [4.78, 5) is 13.5. The number of aliphatic hydroxyl groups excluding tert-OH is 1. The van der Waals surface area contributed by atoms with Crippen LogP contribution in [0.4, 0.5) is 5.69 Å². The summed E-state index contributed by atoms with van der Waals surface area (Å²) >= 11 is 0. The molecule has 1 aliphatic rings. The van der Waals surface area contributed by atoms with Gasteiger partial charge in [-0.25, -0.2) is 0 Å². The molecule has 0 bridgehead atoms. The lowest BCUT2D eigenvalue weighted by Crippen LogP contribution is -2.55. The number of aromatic nitrogens is 1. The molecule has 156 valence electrons. The molecule has 0 spiro atoms. The number of benzene rings is 2. The Morgan fingerprint density at radius 1 is 1.17 bits per heavy atom. The van der Waals surface area contributed by atoms with Crippen LogP contribution in [0.3, 0.4) is 0 Å². The van der Waals surface area contributed by atoms with Crippen molar-refractivity contribution in [2.75, 3.05) is 11.9 Å². The van der Waals surface area contributed by atoms with Crippen LogP contribution in [-0.4, -0.2) is 28.8 Å². The molecule has 30 heavy (non-hydrogen) atoms. The fourth-order valence-corrected chi connectivity index (χ4v) is 4.26. The zero-order valence-electron chi connectivity index (χ0n) is 17.7. The third-order valence-electron chi connectivity index (χ3n) is 5.94. The average Bonchev–Trinajstić information content (AvgIpc) is 3.22. The number of aliphatic hydroxyl groups is 1. The predicted octanol–water partition coefficient (Wildman–Crippen LogP) is 3.76. The van der Waals surface area contributed by atoms with E-state index in [1.165, 1.54) is 0 Å². The van der Waals surface area contributed by atoms with Crippen LogP contribution in [0.1, 0.15) is 36.4 Å². The topological polar surface area (TPSA) is 87.4 Å². The van der Waals surface area contributed by atoms with Gasteiger partial charge in [-0.1, -0.05) is 55.4 Å². The first-order valence-electron chi connectivity index (χ1n) is 10.2. The number of anilines is 1. The van der Waals surface area contributed by atoms with E-state index in [1.807, 2.05) is 76.2 Å². The molecule has 0 saturated carbocycles. The molecule has 2 atom stereocenters. The van der Waals surface area contributed by atoms with E-state index in [0.29, 0.717) is 0 Å². The van der Waals surface area contributed by atoms with E-state index >= 15 is 0 Å². The quantitative estimate of drug-likeness (QED) is 0.581. The molecule has 0 radical (unpaired) electrons. The first-order valence-corrected chi connectivity index (χ1v) is 10.2. The minimum absolute atomic E-state index is 0.0710. The molecule has 1 aromatic heterocycles. The molecule has 0 fully saturated rings. The van der Waals surface area contributed by atoms with Crippen molar-refractivity contribution in [1.82, 2.24) is 10.5 Å². The Morgan fingerprint density at radius 3 is 2.50 bits per heavy atom. The van der Waals surface area contributed by atoms with Gasteiger partial charge in [0.05, 0.1) is 12.3 Å². The second kappa shape index (κ2) is 7.70. The number of carbonyl (C=O) groups excluding carboxylic acids is 1. The minimum atomic E-state index is -1.11. The molecule has 6 heteroatoms. The third-order valence-corrected chi connectivity index (χ3v) is 5.94. The average molecular weight is 405 g/mol. The van der Waals surface area contributed by atoms with Gasteiger partial charge in [-0.3, -0.25) is 10.1 Å². The van der Waals surface area contributed by atoms with E-state index in [1.54, 1.807) is 0 Å². The first-order chi connectivity index (χ1) is 14.4. The summed E-state index contributed by atoms with van der Waals surface area (Å²) in [5.74, 6) is 0.718. The Morgan fingerprint density at radius 2 is 1.90 bits per heavy atom. The van der Waals surface area contributed by atoms with Crippen LogP contribution >= 0.6 is 0 Å². The Bertz CT molecular complexity index is 1060. The van der Waals surface area contributed by atoms with Crippen molar-refractivity contribution in [3.8, 4) is 11.1 Å². The van der Waals surface area contributed by atoms with E-state index in [0.717, 1.165) is 39.4 Å². The van der Waals surface area contributed by atoms with Gasteiger partial charge in [0.1, 0.15) is 5.76 Å². The van der Waals surface area contributed by atoms with E-state index in [4.69, 9.17) is 4.52 Å². The lowest BCUT2D eigenvalue weighted by Gasteiger charge is -2.35. The van der Waals surface area contributed by atoms with E-state index < -0.39 is 5.54 Å². The highest BCUT2D eigenvalue weighted by Gasteiger charge is 2.49. The maximum Gasteiger partial charge on any atom is 0.254 e. The predicted molar refractivity (Wildman–Crippen MR) is 116 cm³/mol. The zero-order chi connectivity index (χ0) is 21.5. The lowest BCUT2D eigenvalue weighted by molar-refractivity contribution is -0.121. The monoisotopic (exact) mass is 405 g/mol. The molecule has 3 N–H and O–H groups in total. The van der Waals surface area contributed by atoms with E-state index in [2.05, 4.69) is 15.8 Å². The van der Waals surface area contributed by atoms with Crippen LogP contribution in [0.15, 0.2) is 53.1 Å². The van der Waals surface area contributed by atoms with Gasteiger partial charge in [-0.05, 0) is 43.0 Å². The number of amides is 1. The largest absolute Gasteiger partial charge is 0.395 e. The van der Waals surface area contributed by atoms with Crippen molar-refractivity contribution in [3.63, 3.8) is 0 Å². The molecule has 2 aromatic carbocycles. The van der Waals surface area contributed by atoms with Crippen LogP contribution in [0, 0.1) is 19.8 Å². The van der Waals surface area contributed by atoms with Gasteiger partial charge in [0.2, 0.25) is 0 Å². The van der Waals surface area contributed by atoms with Crippen LogP contribution in [-0.2, 0) is 10.3 Å². The summed E-state index contributed by atoms with van der Waals surface area (Å²) in [6, 6.07) is 15.3. The molecule has 3 aromatic rings. The maximum absolute atomic E-state index is 13.5. The van der Waals surface area contributed by atoms with Gasteiger partial charge in [0.25, 0.3) is 5.91 Å². The van der Waals surface area contributed by atoms with Crippen LogP contribution in [0.5, 0.6) is 0 Å². The number of hydrogen-bond acceptors (Lipinski definition) is 5. The van der Waals surface area contributed by atoms with Gasteiger partial charge >= 0.3 is 0 Å². The molecule has 2 heterocycles. The number of carbonyl (C=O) groups is 1. The second-order valence-corrected chi connectivity index (χ2v) is 8.21. The lowest BCUT2D eigenvalue weighted by atomic mass is 9.81. The number of hydrogen-bond donors (Lipinski definition) is 3. The van der Waals surface area contributed by atoms with Crippen molar-refractivity contribution in [2.24, 2.45) is 5.92 Å². The summed E-state index contributed by atoms with van der Waals surface area (Å²) in [5, 5.41) is 20.6. The van der Waals surface area contributed by atoms with Crippen LogP contribution < -0.4 is 10.6 Å². The van der Waals surface area contributed by atoms with E-state index in [9.17, 15) is 9.90 Å². The number of nitrogens with zero attached hydrogens (tertiary/aromatic N) is 1. The summed E-state index contributed by atoms with van der Waals surface area (Å²) in [6.07, 6.45) is 0. The molecule has 0 saturated heterocycles. The van der Waals surface area contributed by atoms with E-state index in [-0.39, 0.29) is 24.5 Å². The van der Waals surface area contributed by atoms with Crippen LogP contribution in [0.2, 0.25) is 0 Å². The normalized spacial score (nSPS) is 19.1. The molecule has 1 unspecified atom stereocenters. The van der Waals surface area contributed by atoms with Crippen LogP contribution in [0.25, 0.3) is 11.1 Å². The molecular formula is C24H27N3O3. The SMILES string of the molecule is Cc1noc(C)c1-c1ccc2c(c1)C(N[C@@H](CO)C(C)C)(c1ccccc1)C(=O)N2. The molecule has 1 aliphatic heterocycles. The maximum atomic E-state index is 13.5. The van der Waals surface area contributed by atoms with Crippen molar-refractivity contribution in [2.45, 2.75) is 39.3 Å². The fourth-order valence-electron chi connectivity index (χ4n) is 4.26. The highest BCUT2D eigenvalue weighted by Crippen LogP contribution is 2.44. The summed E-state index contributed by atoms with van der Waals surface area (Å²) in [6.45, 7) is 7.78. The van der Waals surface area contributed by atoms with Gasteiger partial charge in [0.15, 0.2) is 5.54 Å². The second-order valence-electron chi connectivity index (χ2n) is 8.21. The third kappa shape index (κ3) is 3.13. The highest BCUT2D eigenvalue weighted by molar-refractivity contribution is 6.09. The smallest absolute Gasteiger partial charge is 0.254 e. The van der Waals surface area contributed by atoms with Crippen molar-refractivity contribution < 1.29 is 14.4 Å². The highest BCUT2D eigenvalue weighted by atomic mass is 16.5. The number of rotatable bonds is 6. The molecular weight excluding hydrogens is 378 g/mol. The van der Waals surface area contributed by atoms with Crippen molar-refractivity contribution >= 4 is 11.6 Å². The first kappa shape index (κ1) is 20.3. The van der Waals surface area contributed by atoms with Gasteiger partial charge < -0.3 is 14.9 Å². The molecule has 1 amide bonds. The summed E-state index contributed by atoms with van der Waals surface area (Å²) in [5.41, 5.74) is 3.98. The summed E-state index contributed by atoms with van der Waals surface area (Å²) in [7, 11) is 0.